The van der Waals surface area contributed by atoms with Crippen molar-refractivity contribution in [3.63, 3.8) is 0 Å². The van der Waals surface area contributed by atoms with Crippen molar-refractivity contribution in [2.45, 2.75) is 140 Å². The first-order valence-electron chi connectivity index (χ1n) is 14.5. The summed E-state index contributed by atoms with van der Waals surface area (Å²) in [4.78, 5) is 0. The minimum absolute atomic E-state index is 0.133. The topological polar surface area (TPSA) is 46.2 Å². The molecule has 0 saturated carbocycles. The highest BCUT2D eigenvalue weighted by Gasteiger charge is 2.36. The van der Waals surface area contributed by atoms with E-state index in [1.54, 1.807) is 0 Å². The summed E-state index contributed by atoms with van der Waals surface area (Å²) >= 11 is 0. The molecule has 0 aromatic heterocycles. The van der Waals surface area contributed by atoms with E-state index in [4.69, 9.17) is 23.7 Å². The molecule has 0 aliphatic carbocycles. The van der Waals surface area contributed by atoms with Crippen LogP contribution in [0.4, 0.5) is 0 Å². The average Bonchev–Trinajstić information content (AvgIpc) is 2.67. The van der Waals surface area contributed by atoms with Crippen LogP contribution < -0.4 is 0 Å². The maximum absolute atomic E-state index is 6.21. The van der Waals surface area contributed by atoms with Gasteiger partial charge in [0.1, 0.15) is 0 Å². The van der Waals surface area contributed by atoms with Crippen LogP contribution in [0, 0.1) is 23.7 Å². The fourth-order valence-electron chi connectivity index (χ4n) is 5.19. The summed E-state index contributed by atoms with van der Waals surface area (Å²) < 4.78 is 29.4. The van der Waals surface area contributed by atoms with Crippen LogP contribution in [0.2, 0.25) is 0 Å². The lowest BCUT2D eigenvalue weighted by Crippen LogP contribution is -2.41. The molecule has 0 rings (SSSR count). The number of hydrogen-bond acceptors (Lipinski definition) is 5. The normalized spacial score (nSPS) is 12.9. The van der Waals surface area contributed by atoms with Gasteiger partial charge in [0.15, 0.2) is 12.1 Å². The Labute approximate surface area is 220 Å². The fourth-order valence-corrected chi connectivity index (χ4v) is 5.19. The monoisotopic (exact) mass is 504 g/mol. The highest BCUT2D eigenvalue weighted by atomic mass is 16.7. The van der Waals surface area contributed by atoms with Crippen molar-refractivity contribution in [2.24, 2.45) is 23.7 Å². The lowest BCUT2D eigenvalue weighted by molar-refractivity contribution is -0.249. The minimum atomic E-state index is -0.355. The summed E-state index contributed by atoms with van der Waals surface area (Å²) in [7, 11) is 0. The van der Waals surface area contributed by atoms with Gasteiger partial charge in [-0.15, -0.1) is 0 Å². The summed E-state index contributed by atoms with van der Waals surface area (Å²) in [6.07, 6.45) is 4.72. The van der Waals surface area contributed by atoms with E-state index in [2.05, 4.69) is 62.3 Å². The van der Waals surface area contributed by atoms with Crippen molar-refractivity contribution >= 4 is 0 Å². The predicted molar refractivity (Wildman–Crippen MR) is 150 cm³/mol. The molecule has 0 aromatic carbocycles. The summed E-state index contributed by atoms with van der Waals surface area (Å²) in [5.41, 5.74) is -0.133. The van der Waals surface area contributed by atoms with Gasteiger partial charge in [-0.1, -0.05) is 55.4 Å². The zero-order valence-electron chi connectivity index (χ0n) is 26.0. The van der Waals surface area contributed by atoms with Gasteiger partial charge >= 0.3 is 0 Å². The van der Waals surface area contributed by atoms with E-state index in [-0.39, 0.29) is 17.7 Å². The van der Waals surface area contributed by atoms with Crippen LogP contribution in [-0.4, -0.2) is 50.7 Å². The molecule has 0 amide bonds. The number of rotatable bonds is 20. The Hall–Kier alpha value is -0.200. The van der Waals surface area contributed by atoms with Gasteiger partial charge in [0.2, 0.25) is 0 Å². The zero-order valence-corrected chi connectivity index (χ0v) is 26.0. The third kappa shape index (κ3) is 18.7. The molecule has 5 heteroatoms. The van der Waals surface area contributed by atoms with Crippen LogP contribution in [0.15, 0.2) is 0 Å². The molecule has 35 heavy (non-hydrogen) atoms. The summed E-state index contributed by atoms with van der Waals surface area (Å²) in [6.45, 7) is 31.6. The maximum atomic E-state index is 6.21. The van der Waals surface area contributed by atoms with Gasteiger partial charge in [-0.3, -0.25) is 0 Å². The van der Waals surface area contributed by atoms with Crippen molar-refractivity contribution < 1.29 is 23.7 Å². The lowest BCUT2D eigenvalue weighted by Gasteiger charge is -2.39. The van der Waals surface area contributed by atoms with Gasteiger partial charge in [-0.25, -0.2) is 0 Å². The Kier molecular flexibility index (Phi) is 22.0. The summed E-state index contributed by atoms with van der Waals surface area (Å²) in [5.74, 6) is 2.04. The van der Waals surface area contributed by atoms with Crippen molar-refractivity contribution in [1.29, 1.82) is 0 Å². The van der Waals surface area contributed by atoms with E-state index in [1.807, 2.05) is 27.7 Å². The molecule has 0 fully saturated rings. The van der Waals surface area contributed by atoms with E-state index in [0.29, 0.717) is 36.9 Å². The molecule has 0 atom stereocenters. The van der Waals surface area contributed by atoms with Crippen LogP contribution in [0.1, 0.15) is 122 Å². The van der Waals surface area contributed by atoms with Crippen molar-refractivity contribution in [2.75, 3.05) is 33.0 Å². The number of ether oxygens (including phenoxy) is 5. The van der Waals surface area contributed by atoms with Gasteiger partial charge in [0, 0.05) is 52.3 Å². The molecule has 0 unspecified atom stereocenters. The molecular weight excluding hydrogens is 440 g/mol. The van der Waals surface area contributed by atoms with Gasteiger partial charge in [-0.2, -0.15) is 0 Å². The van der Waals surface area contributed by atoms with Crippen molar-refractivity contribution in [3.05, 3.63) is 0 Å². The average molecular weight is 505 g/mol. The smallest absolute Gasteiger partial charge is 0.168 e. The second-order valence-electron chi connectivity index (χ2n) is 11.3. The van der Waals surface area contributed by atoms with Crippen LogP contribution in [0.5, 0.6) is 0 Å². The Morgan fingerprint density at radius 3 is 1.03 bits per heavy atom. The van der Waals surface area contributed by atoms with Crippen LogP contribution >= 0.6 is 0 Å². The van der Waals surface area contributed by atoms with E-state index in [0.717, 1.165) is 51.9 Å². The van der Waals surface area contributed by atoms with E-state index < -0.39 is 0 Å². The molecule has 0 bridgehead atoms. The lowest BCUT2D eigenvalue weighted by atomic mass is 9.82. The summed E-state index contributed by atoms with van der Waals surface area (Å²) in [5, 5.41) is 0. The van der Waals surface area contributed by atoms with Crippen LogP contribution in [0.3, 0.4) is 0 Å². The third-order valence-electron chi connectivity index (χ3n) is 5.51. The predicted octanol–water partition coefficient (Wildman–Crippen LogP) is 8.49. The first-order chi connectivity index (χ1) is 16.3. The van der Waals surface area contributed by atoms with Crippen LogP contribution in [0.25, 0.3) is 0 Å². The van der Waals surface area contributed by atoms with Gasteiger partial charge in [-0.05, 0) is 71.1 Å². The summed E-state index contributed by atoms with van der Waals surface area (Å²) in [6, 6.07) is 0. The Morgan fingerprint density at radius 1 is 0.429 bits per heavy atom. The fraction of sp³-hybridized carbons (Fsp3) is 1.00. The molecule has 0 radical (unpaired) electrons. The molecule has 0 spiro atoms. The van der Waals surface area contributed by atoms with Crippen LogP contribution in [-0.2, 0) is 23.7 Å². The molecule has 214 valence electrons. The number of hydrogen-bond donors (Lipinski definition) is 0. The van der Waals surface area contributed by atoms with E-state index in [9.17, 15) is 0 Å². The highest BCUT2D eigenvalue weighted by Crippen LogP contribution is 2.34. The zero-order chi connectivity index (χ0) is 27.5. The second-order valence-corrected chi connectivity index (χ2v) is 11.3. The Morgan fingerprint density at radius 2 is 0.771 bits per heavy atom. The Bertz CT molecular complexity index is 428. The molecule has 0 saturated heterocycles. The first kappa shape index (κ1) is 37.0. The molecule has 5 nitrogen and oxygen atoms in total. The Balaban J connectivity index is 0. The van der Waals surface area contributed by atoms with Crippen molar-refractivity contribution in [1.82, 2.24) is 0 Å². The third-order valence-corrected chi connectivity index (χ3v) is 5.51. The largest absolute Gasteiger partial charge is 0.375 e. The van der Waals surface area contributed by atoms with E-state index >= 15 is 0 Å². The molecule has 0 aliphatic heterocycles. The van der Waals surface area contributed by atoms with E-state index in [1.165, 1.54) is 0 Å². The van der Waals surface area contributed by atoms with Gasteiger partial charge in [0.25, 0.3) is 0 Å². The van der Waals surface area contributed by atoms with Gasteiger partial charge < -0.3 is 23.7 Å². The minimum Gasteiger partial charge on any atom is -0.375 e. The second kappa shape index (κ2) is 20.8. The van der Waals surface area contributed by atoms with Crippen molar-refractivity contribution in [3.8, 4) is 0 Å². The SMILES string of the molecule is CCOC(CC(C)C)(CC(C)C)OCC.CCOC(CC(CC(C)C)(CC(C)C)OCC)OCC. The molecule has 0 aliphatic rings. The standard InChI is InChI=1S/C17H36O3.C13H28O2/c1-8-18-16(19-9-2)13-17(20-10-3,11-14(4)5)12-15(6)7;1-7-14-13(15-8-2,9-11(3)4)10-12(5)6/h14-16H,8-13H2,1-7H3;11-12H,7-10H2,1-6H3. The molecule has 0 heterocycles. The molecule has 0 N–H and O–H groups in total. The first-order valence-corrected chi connectivity index (χ1v) is 14.5. The molecular formula is C30H64O5. The maximum Gasteiger partial charge on any atom is 0.168 e. The highest BCUT2D eigenvalue weighted by molar-refractivity contribution is 4.85. The molecule has 0 aromatic rings. The quantitative estimate of drug-likeness (QED) is 0.156. The van der Waals surface area contributed by atoms with Gasteiger partial charge in [0.05, 0.1) is 5.60 Å².